The molecule has 0 atom stereocenters. The number of halogens is 4. The molecule has 8 heteroatoms. The van der Waals surface area contributed by atoms with E-state index in [-0.39, 0.29) is 30.5 Å². The Labute approximate surface area is 138 Å². The Morgan fingerprint density at radius 1 is 1.35 bits per heavy atom. The Morgan fingerprint density at radius 2 is 2.05 bits per heavy atom. The molecule has 0 aliphatic carbocycles. The zero-order valence-electron chi connectivity index (χ0n) is 11.4. The number of hydrogen-bond acceptors (Lipinski definition) is 2. The average Bonchev–Trinajstić information content (AvgIpc) is 2.70. The van der Waals surface area contributed by atoms with Gasteiger partial charge < -0.3 is 10.6 Å². The molecule has 0 aliphatic rings. The van der Waals surface area contributed by atoms with Gasteiger partial charge in [-0.2, -0.15) is 13.2 Å². The highest BCUT2D eigenvalue weighted by Crippen LogP contribution is 2.18. The molecular weight excluding hydrogens is 402 g/mol. The highest BCUT2D eigenvalue weighted by Gasteiger charge is 2.26. The van der Waals surface area contributed by atoms with Crippen LogP contribution in [0.15, 0.2) is 16.4 Å². The van der Waals surface area contributed by atoms with Gasteiger partial charge in [-0.25, -0.2) is 4.99 Å². The molecule has 2 N–H and O–H groups in total. The van der Waals surface area contributed by atoms with Crippen LogP contribution in [0.5, 0.6) is 0 Å². The van der Waals surface area contributed by atoms with E-state index in [2.05, 4.69) is 15.6 Å². The Morgan fingerprint density at radius 3 is 2.55 bits per heavy atom. The van der Waals surface area contributed by atoms with Crippen LogP contribution in [0.2, 0.25) is 0 Å². The van der Waals surface area contributed by atoms with E-state index >= 15 is 0 Å². The van der Waals surface area contributed by atoms with Gasteiger partial charge in [-0.1, -0.05) is 0 Å². The SMILES string of the molecule is CCNC(=NCc1sccc1C)NCCC(F)(F)F.I. The maximum Gasteiger partial charge on any atom is 0.390 e. The number of nitrogens with one attached hydrogen (secondary N) is 2. The molecular formula is C12H19F3IN3S. The van der Waals surface area contributed by atoms with E-state index in [1.807, 2.05) is 25.3 Å². The lowest BCUT2D eigenvalue weighted by Gasteiger charge is -2.12. The first-order valence-corrected chi connectivity index (χ1v) is 6.92. The highest BCUT2D eigenvalue weighted by atomic mass is 127. The number of aryl methyl sites for hydroxylation is 1. The van der Waals surface area contributed by atoms with Crippen LogP contribution in [0, 0.1) is 6.92 Å². The highest BCUT2D eigenvalue weighted by molar-refractivity contribution is 14.0. The molecule has 0 aliphatic heterocycles. The second-order valence-corrected chi connectivity index (χ2v) is 5.01. The van der Waals surface area contributed by atoms with Gasteiger partial charge in [0.05, 0.1) is 13.0 Å². The molecule has 1 aromatic rings. The van der Waals surface area contributed by atoms with Gasteiger partial charge in [0.15, 0.2) is 5.96 Å². The van der Waals surface area contributed by atoms with E-state index in [9.17, 15) is 13.2 Å². The van der Waals surface area contributed by atoms with E-state index in [4.69, 9.17) is 0 Å². The zero-order chi connectivity index (χ0) is 14.3. The molecule has 3 nitrogen and oxygen atoms in total. The minimum absolute atomic E-state index is 0. The molecule has 0 fully saturated rings. The molecule has 0 saturated carbocycles. The molecule has 0 spiro atoms. The lowest BCUT2D eigenvalue weighted by atomic mass is 10.3. The van der Waals surface area contributed by atoms with Crippen molar-refractivity contribution in [1.82, 2.24) is 10.6 Å². The van der Waals surface area contributed by atoms with Crippen LogP contribution in [0.4, 0.5) is 13.2 Å². The smallest absolute Gasteiger partial charge is 0.357 e. The van der Waals surface area contributed by atoms with Crippen molar-refractivity contribution >= 4 is 41.3 Å². The second-order valence-electron chi connectivity index (χ2n) is 4.01. The topological polar surface area (TPSA) is 36.4 Å². The third-order valence-electron chi connectivity index (χ3n) is 2.39. The van der Waals surface area contributed by atoms with Gasteiger partial charge in [0.25, 0.3) is 0 Å². The number of guanidine groups is 1. The molecule has 116 valence electrons. The van der Waals surface area contributed by atoms with Crippen LogP contribution in [0.25, 0.3) is 0 Å². The molecule has 1 rings (SSSR count). The summed E-state index contributed by atoms with van der Waals surface area (Å²) in [7, 11) is 0. The molecule has 1 aromatic heterocycles. The van der Waals surface area contributed by atoms with E-state index in [1.54, 1.807) is 11.3 Å². The summed E-state index contributed by atoms with van der Waals surface area (Å²) < 4.78 is 36.2. The molecule has 0 amide bonds. The fourth-order valence-electron chi connectivity index (χ4n) is 1.38. The molecule has 0 saturated heterocycles. The Kier molecular flexibility index (Phi) is 9.19. The zero-order valence-corrected chi connectivity index (χ0v) is 14.5. The van der Waals surface area contributed by atoms with Gasteiger partial charge in [0, 0.05) is 18.0 Å². The summed E-state index contributed by atoms with van der Waals surface area (Å²) in [6, 6.07) is 2.00. The first kappa shape index (κ1) is 19.5. The van der Waals surface area contributed by atoms with Crippen LogP contribution in [0.1, 0.15) is 23.8 Å². The molecule has 0 unspecified atom stereocenters. The number of aliphatic imine (C=N–C) groups is 1. The fraction of sp³-hybridized carbons (Fsp3) is 0.583. The number of rotatable bonds is 5. The van der Waals surface area contributed by atoms with Gasteiger partial charge in [-0.3, -0.25) is 0 Å². The van der Waals surface area contributed by atoms with Crippen molar-refractivity contribution in [2.75, 3.05) is 13.1 Å². The Bertz CT molecular complexity index is 418. The van der Waals surface area contributed by atoms with Gasteiger partial charge in [-0.15, -0.1) is 35.3 Å². The van der Waals surface area contributed by atoms with Gasteiger partial charge in [-0.05, 0) is 30.9 Å². The lowest BCUT2D eigenvalue weighted by molar-refractivity contribution is -0.132. The van der Waals surface area contributed by atoms with Crippen molar-refractivity contribution in [2.24, 2.45) is 4.99 Å². The minimum Gasteiger partial charge on any atom is -0.357 e. The minimum atomic E-state index is -4.14. The van der Waals surface area contributed by atoms with Crippen molar-refractivity contribution < 1.29 is 13.2 Å². The molecule has 20 heavy (non-hydrogen) atoms. The maximum atomic E-state index is 12.1. The molecule has 1 heterocycles. The summed E-state index contributed by atoms with van der Waals surface area (Å²) in [5.74, 6) is 0.416. The summed E-state index contributed by atoms with van der Waals surface area (Å²) in [5, 5.41) is 7.59. The normalized spacial score (nSPS) is 11.9. The standard InChI is InChI=1S/C12H18F3N3S.HI/c1-3-16-11(17-6-5-12(13,14)15)18-8-10-9(2)4-7-19-10;/h4,7H,3,5-6,8H2,1-2H3,(H2,16,17,18);1H. The average molecular weight is 421 g/mol. The number of hydrogen-bond donors (Lipinski definition) is 2. The van der Waals surface area contributed by atoms with E-state index in [0.717, 1.165) is 10.4 Å². The monoisotopic (exact) mass is 421 g/mol. The predicted octanol–water partition coefficient (Wildman–Crippen LogP) is 3.68. The van der Waals surface area contributed by atoms with Crippen LogP contribution in [-0.2, 0) is 6.54 Å². The Balaban J connectivity index is 0.00000361. The van der Waals surface area contributed by atoms with Crippen molar-refractivity contribution in [3.63, 3.8) is 0 Å². The first-order valence-electron chi connectivity index (χ1n) is 6.04. The van der Waals surface area contributed by atoms with Crippen LogP contribution < -0.4 is 10.6 Å². The number of nitrogens with zero attached hydrogens (tertiary/aromatic N) is 1. The van der Waals surface area contributed by atoms with Gasteiger partial charge in [0.1, 0.15) is 0 Å². The third-order valence-corrected chi connectivity index (χ3v) is 3.40. The second kappa shape index (κ2) is 9.43. The van der Waals surface area contributed by atoms with Crippen LogP contribution in [-0.4, -0.2) is 25.2 Å². The van der Waals surface area contributed by atoms with E-state index in [0.29, 0.717) is 19.0 Å². The number of alkyl halides is 3. The number of thiophene rings is 1. The summed E-state index contributed by atoms with van der Waals surface area (Å²) in [5.41, 5.74) is 1.15. The summed E-state index contributed by atoms with van der Waals surface area (Å²) >= 11 is 1.60. The fourth-order valence-corrected chi connectivity index (χ4v) is 2.21. The third kappa shape index (κ3) is 7.93. The quantitative estimate of drug-likeness (QED) is 0.433. The largest absolute Gasteiger partial charge is 0.390 e. The maximum absolute atomic E-state index is 12.1. The first-order chi connectivity index (χ1) is 8.92. The lowest BCUT2D eigenvalue weighted by Crippen LogP contribution is -2.38. The molecule has 0 aromatic carbocycles. The molecule has 0 radical (unpaired) electrons. The van der Waals surface area contributed by atoms with Gasteiger partial charge in [0.2, 0.25) is 0 Å². The predicted molar refractivity (Wildman–Crippen MR) is 88.0 cm³/mol. The summed E-state index contributed by atoms with van der Waals surface area (Å²) in [4.78, 5) is 5.39. The molecule has 0 bridgehead atoms. The van der Waals surface area contributed by atoms with Crippen molar-refractivity contribution in [1.29, 1.82) is 0 Å². The Hall–Kier alpha value is -0.510. The summed E-state index contributed by atoms with van der Waals surface area (Å²) in [6.07, 6.45) is -5.01. The van der Waals surface area contributed by atoms with Crippen molar-refractivity contribution in [3.8, 4) is 0 Å². The van der Waals surface area contributed by atoms with Crippen molar-refractivity contribution in [3.05, 3.63) is 21.9 Å². The van der Waals surface area contributed by atoms with Crippen molar-refractivity contribution in [2.45, 2.75) is 33.0 Å². The van der Waals surface area contributed by atoms with Crippen LogP contribution in [0.3, 0.4) is 0 Å². The van der Waals surface area contributed by atoms with Gasteiger partial charge >= 0.3 is 6.18 Å². The summed E-state index contributed by atoms with van der Waals surface area (Å²) in [6.45, 7) is 4.79. The van der Waals surface area contributed by atoms with Crippen LogP contribution >= 0.6 is 35.3 Å². The van der Waals surface area contributed by atoms with E-state index < -0.39 is 12.6 Å². The van der Waals surface area contributed by atoms with E-state index in [1.165, 1.54) is 0 Å².